The molecule has 0 aliphatic heterocycles. The first-order valence-electron chi connectivity index (χ1n) is 7.07. The molecule has 0 radical (unpaired) electrons. The largest absolute Gasteiger partial charge is 0.364 e. The van der Waals surface area contributed by atoms with Gasteiger partial charge in [0.2, 0.25) is 5.95 Å². The molecule has 0 amide bonds. The molecule has 23 heavy (non-hydrogen) atoms. The number of nitrogens with zero attached hydrogens (tertiary/aromatic N) is 4. The van der Waals surface area contributed by atoms with E-state index in [-0.39, 0.29) is 0 Å². The van der Waals surface area contributed by atoms with Gasteiger partial charge in [-0.3, -0.25) is 4.98 Å². The van der Waals surface area contributed by atoms with Gasteiger partial charge in [-0.25, -0.2) is 4.98 Å². The number of hydrogen-bond acceptors (Lipinski definition) is 6. The van der Waals surface area contributed by atoms with Gasteiger partial charge in [0, 0.05) is 18.1 Å². The van der Waals surface area contributed by atoms with E-state index in [1.165, 1.54) is 0 Å². The van der Waals surface area contributed by atoms with Gasteiger partial charge in [0.1, 0.15) is 5.82 Å². The molecule has 6 heteroatoms. The molecule has 2 aromatic heterocycles. The van der Waals surface area contributed by atoms with E-state index in [0.717, 1.165) is 11.4 Å². The van der Waals surface area contributed by atoms with Crippen LogP contribution in [0.1, 0.15) is 11.3 Å². The van der Waals surface area contributed by atoms with Crippen LogP contribution in [-0.4, -0.2) is 15.0 Å². The SMILES string of the molecule is N#Cc1cccc(Nc2nccc(NCc3ccccn3)n2)c1. The smallest absolute Gasteiger partial charge is 0.229 e. The predicted octanol–water partition coefficient (Wildman–Crippen LogP) is 3.10. The van der Waals surface area contributed by atoms with Crippen molar-refractivity contribution in [2.75, 3.05) is 10.6 Å². The second-order valence-electron chi connectivity index (χ2n) is 4.76. The maximum atomic E-state index is 8.93. The van der Waals surface area contributed by atoms with Crippen LogP contribution in [0.4, 0.5) is 17.5 Å². The van der Waals surface area contributed by atoms with E-state index in [0.29, 0.717) is 23.9 Å². The van der Waals surface area contributed by atoms with Crippen LogP contribution in [0.2, 0.25) is 0 Å². The molecule has 2 heterocycles. The van der Waals surface area contributed by atoms with Gasteiger partial charge in [0.25, 0.3) is 0 Å². The number of benzene rings is 1. The van der Waals surface area contributed by atoms with Crippen molar-refractivity contribution in [1.82, 2.24) is 15.0 Å². The van der Waals surface area contributed by atoms with Crippen molar-refractivity contribution < 1.29 is 0 Å². The maximum absolute atomic E-state index is 8.93. The first-order valence-corrected chi connectivity index (χ1v) is 7.07. The number of pyridine rings is 1. The van der Waals surface area contributed by atoms with Crippen LogP contribution in [0.3, 0.4) is 0 Å². The van der Waals surface area contributed by atoms with Crippen LogP contribution in [0, 0.1) is 11.3 Å². The Bertz CT molecular complexity index is 826. The Kier molecular flexibility index (Phi) is 4.41. The zero-order chi connectivity index (χ0) is 15.9. The molecule has 3 rings (SSSR count). The molecule has 0 bridgehead atoms. The molecule has 1 aromatic carbocycles. The van der Waals surface area contributed by atoms with Crippen LogP contribution >= 0.6 is 0 Å². The molecule has 112 valence electrons. The molecular formula is C17H14N6. The van der Waals surface area contributed by atoms with E-state index in [4.69, 9.17) is 5.26 Å². The summed E-state index contributed by atoms with van der Waals surface area (Å²) >= 11 is 0. The topological polar surface area (TPSA) is 86.5 Å². The van der Waals surface area contributed by atoms with E-state index in [1.54, 1.807) is 30.6 Å². The minimum absolute atomic E-state index is 0.464. The quantitative estimate of drug-likeness (QED) is 0.753. The third-order valence-electron chi connectivity index (χ3n) is 3.08. The maximum Gasteiger partial charge on any atom is 0.229 e. The number of anilines is 3. The van der Waals surface area contributed by atoms with Gasteiger partial charge in [0.15, 0.2) is 0 Å². The standard InChI is InChI=1S/C17H14N6/c18-11-13-4-3-6-14(10-13)22-17-20-9-7-16(23-17)21-12-15-5-1-2-8-19-15/h1-10H,12H2,(H2,20,21,22,23). The lowest BCUT2D eigenvalue weighted by Crippen LogP contribution is -2.05. The van der Waals surface area contributed by atoms with Crippen LogP contribution < -0.4 is 10.6 Å². The normalized spacial score (nSPS) is 9.87. The fraction of sp³-hybridized carbons (Fsp3) is 0.0588. The lowest BCUT2D eigenvalue weighted by Gasteiger charge is -2.08. The first-order chi connectivity index (χ1) is 11.3. The molecule has 3 aromatic rings. The van der Waals surface area contributed by atoms with Gasteiger partial charge in [-0.15, -0.1) is 0 Å². The summed E-state index contributed by atoms with van der Waals surface area (Å²) in [5.74, 6) is 1.16. The Hall–Kier alpha value is -3.46. The van der Waals surface area contributed by atoms with E-state index < -0.39 is 0 Å². The van der Waals surface area contributed by atoms with Gasteiger partial charge in [0.05, 0.1) is 23.9 Å². The lowest BCUT2D eigenvalue weighted by molar-refractivity contribution is 1.02. The highest BCUT2D eigenvalue weighted by Crippen LogP contribution is 2.15. The number of nitrogens with one attached hydrogen (secondary N) is 2. The van der Waals surface area contributed by atoms with Gasteiger partial charge < -0.3 is 10.6 Å². The van der Waals surface area contributed by atoms with E-state index in [1.807, 2.05) is 30.3 Å². The third kappa shape index (κ3) is 4.02. The number of nitriles is 1. The first kappa shape index (κ1) is 14.5. The van der Waals surface area contributed by atoms with Gasteiger partial charge in [-0.05, 0) is 36.4 Å². The summed E-state index contributed by atoms with van der Waals surface area (Å²) < 4.78 is 0. The third-order valence-corrected chi connectivity index (χ3v) is 3.08. The second-order valence-corrected chi connectivity index (χ2v) is 4.76. The number of rotatable bonds is 5. The van der Waals surface area contributed by atoms with Crippen molar-refractivity contribution in [2.45, 2.75) is 6.54 Å². The van der Waals surface area contributed by atoms with Crippen LogP contribution in [0.5, 0.6) is 0 Å². The summed E-state index contributed by atoms with van der Waals surface area (Å²) in [4.78, 5) is 12.8. The molecule has 0 atom stereocenters. The molecule has 0 saturated carbocycles. The molecular weight excluding hydrogens is 288 g/mol. The summed E-state index contributed by atoms with van der Waals surface area (Å²) in [6.07, 6.45) is 3.43. The van der Waals surface area contributed by atoms with E-state index in [2.05, 4.69) is 31.7 Å². The van der Waals surface area contributed by atoms with Gasteiger partial charge in [-0.1, -0.05) is 12.1 Å². The van der Waals surface area contributed by atoms with Crippen molar-refractivity contribution in [1.29, 1.82) is 5.26 Å². The molecule has 0 saturated heterocycles. The molecule has 2 N–H and O–H groups in total. The summed E-state index contributed by atoms with van der Waals surface area (Å²) in [6.45, 7) is 0.585. The molecule has 6 nitrogen and oxygen atoms in total. The number of aromatic nitrogens is 3. The fourth-order valence-corrected chi connectivity index (χ4v) is 2.00. The molecule has 0 unspecified atom stereocenters. The van der Waals surface area contributed by atoms with Crippen LogP contribution in [0.15, 0.2) is 60.9 Å². The summed E-state index contributed by atoms with van der Waals surface area (Å²) in [6, 6.07) is 16.8. The van der Waals surface area contributed by atoms with Crippen LogP contribution in [-0.2, 0) is 6.54 Å². The highest BCUT2D eigenvalue weighted by atomic mass is 15.1. The Labute approximate surface area is 133 Å². The molecule has 0 aliphatic rings. The molecule has 0 fully saturated rings. The van der Waals surface area contributed by atoms with Crippen molar-refractivity contribution in [2.24, 2.45) is 0 Å². The molecule has 0 spiro atoms. The summed E-state index contributed by atoms with van der Waals surface area (Å²) in [5, 5.41) is 15.2. The minimum Gasteiger partial charge on any atom is -0.364 e. The Morgan fingerprint density at radius 3 is 2.78 bits per heavy atom. The monoisotopic (exact) mass is 302 g/mol. The molecule has 0 aliphatic carbocycles. The van der Waals surface area contributed by atoms with E-state index >= 15 is 0 Å². The number of hydrogen-bond donors (Lipinski definition) is 2. The second kappa shape index (κ2) is 7.00. The van der Waals surface area contributed by atoms with Gasteiger partial charge >= 0.3 is 0 Å². The predicted molar refractivity (Wildman–Crippen MR) is 88.0 cm³/mol. The Morgan fingerprint density at radius 1 is 1.00 bits per heavy atom. The van der Waals surface area contributed by atoms with Crippen molar-refractivity contribution >= 4 is 17.5 Å². The van der Waals surface area contributed by atoms with Crippen molar-refractivity contribution in [3.63, 3.8) is 0 Å². The Balaban J connectivity index is 1.68. The zero-order valence-electron chi connectivity index (χ0n) is 12.3. The fourth-order valence-electron chi connectivity index (χ4n) is 2.00. The summed E-state index contributed by atoms with van der Waals surface area (Å²) in [5.41, 5.74) is 2.28. The highest BCUT2D eigenvalue weighted by molar-refractivity contribution is 5.57. The van der Waals surface area contributed by atoms with Crippen molar-refractivity contribution in [3.05, 3.63) is 72.2 Å². The Morgan fingerprint density at radius 2 is 1.96 bits per heavy atom. The minimum atomic E-state index is 0.464. The summed E-state index contributed by atoms with van der Waals surface area (Å²) in [7, 11) is 0. The van der Waals surface area contributed by atoms with E-state index in [9.17, 15) is 0 Å². The van der Waals surface area contributed by atoms with Gasteiger partial charge in [-0.2, -0.15) is 10.2 Å². The highest BCUT2D eigenvalue weighted by Gasteiger charge is 2.01. The zero-order valence-corrected chi connectivity index (χ0v) is 12.3. The lowest BCUT2D eigenvalue weighted by atomic mass is 10.2. The average Bonchev–Trinajstić information content (AvgIpc) is 2.61. The van der Waals surface area contributed by atoms with Crippen LogP contribution in [0.25, 0.3) is 0 Å². The average molecular weight is 302 g/mol. The van der Waals surface area contributed by atoms with Crippen molar-refractivity contribution in [3.8, 4) is 6.07 Å².